The van der Waals surface area contributed by atoms with Gasteiger partial charge in [0.05, 0.1) is 11.2 Å². The molecule has 1 saturated carbocycles. The number of anilines is 2. The molecule has 1 fully saturated rings. The van der Waals surface area contributed by atoms with Crippen LogP contribution in [0.1, 0.15) is 12.8 Å². The van der Waals surface area contributed by atoms with E-state index in [0.717, 1.165) is 0 Å². The fourth-order valence-corrected chi connectivity index (χ4v) is 2.04. The summed E-state index contributed by atoms with van der Waals surface area (Å²) in [5, 5.41) is 11.5. The number of hydrogen-bond acceptors (Lipinski definition) is 4. The third kappa shape index (κ3) is 2.63. The van der Waals surface area contributed by atoms with Crippen LogP contribution in [-0.4, -0.2) is 19.6 Å². The lowest BCUT2D eigenvalue weighted by molar-refractivity contribution is 0.535. The molecule has 7 heteroatoms. The maximum Gasteiger partial charge on any atom is 0.292 e. The quantitative estimate of drug-likeness (QED) is 0.927. The lowest BCUT2D eigenvalue weighted by atomic mass is 10.4. The van der Waals surface area contributed by atoms with Crippen LogP contribution in [0.5, 0.6) is 0 Å². The van der Waals surface area contributed by atoms with Gasteiger partial charge in [-0.1, -0.05) is 11.6 Å². The SMILES string of the molecule is Cn1ccc(Nc2c(Cl)cnn(CC3CC3)c2=O)n1. The predicted octanol–water partition coefficient (Wildman–Crippen LogP) is 1.78. The second kappa shape index (κ2) is 4.70. The molecule has 1 N–H and O–H groups in total. The number of nitrogens with one attached hydrogen (secondary N) is 1. The Hall–Kier alpha value is -1.82. The average molecular weight is 280 g/mol. The van der Waals surface area contributed by atoms with Crippen molar-refractivity contribution in [2.24, 2.45) is 13.0 Å². The van der Waals surface area contributed by atoms with Crippen LogP contribution in [0.4, 0.5) is 11.5 Å². The van der Waals surface area contributed by atoms with Crippen molar-refractivity contribution >= 4 is 23.1 Å². The van der Waals surface area contributed by atoms with Crippen molar-refractivity contribution in [1.29, 1.82) is 0 Å². The van der Waals surface area contributed by atoms with Gasteiger partial charge in [0, 0.05) is 25.9 Å². The molecule has 0 bridgehead atoms. The smallest absolute Gasteiger partial charge is 0.292 e. The zero-order valence-electron chi connectivity index (χ0n) is 10.5. The summed E-state index contributed by atoms with van der Waals surface area (Å²) in [6.07, 6.45) is 5.62. The molecule has 6 nitrogen and oxygen atoms in total. The van der Waals surface area contributed by atoms with Gasteiger partial charge in [-0.2, -0.15) is 10.2 Å². The largest absolute Gasteiger partial charge is 0.333 e. The first kappa shape index (κ1) is 12.2. The van der Waals surface area contributed by atoms with E-state index in [1.165, 1.54) is 23.7 Å². The van der Waals surface area contributed by atoms with Gasteiger partial charge in [0.25, 0.3) is 5.56 Å². The number of nitrogens with zero attached hydrogens (tertiary/aromatic N) is 4. The van der Waals surface area contributed by atoms with Gasteiger partial charge in [0.15, 0.2) is 5.82 Å². The summed E-state index contributed by atoms with van der Waals surface area (Å²) in [6, 6.07) is 1.78. The molecule has 2 aromatic rings. The minimum absolute atomic E-state index is 0.204. The van der Waals surface area contributed by atoms with Crippen LogP contribution in [0.15, 0.2) is 23.3 Å². The molecular formula is C12H14ClN5O. The van der Waals surface area contributed by atoms with Gasteiger partial charge >= 0.3 is 0 Å². The molecule has 0 spiro atoms. The Labute approximate surface area is 115 Å². The van der Waals surface area contributed by atoms with Gasteiger partial charge in [-0.3, -0.25) is 9.48 Å². The van der Waals surface area contributed by atoms with E-state index in [-0.39, 0.29) is 5.56 Å². The monoisotopic (exact) mass is 279 g/mol. The Bertz CT molecular complexity index is 658. The Kier molecular flexibility index (Phi) is 3.02. The minimum atomic E-state index is -0.204. The highest BCUT2D eigenvalue weighted by Crippen LogP contribution is 2.30. The summed E-state index contributed by atoms with van der Waals surface area (Å²) in [5.41, 5.74) is 0.126. The van der Waals surface area contributed by atoms with Crippen LogP contribution in [0.3, 0.4) is 0 Å². The molecule has 3 rings (SSSR count). The van der Waals surface area contributed by atoms with Crippen LogP contribution in [0.2, 0.25) is 5.02 Å². The highest BCUT2D eigenvalue weighted by atomic mass is 35.5. The molecule has 2 heterocycles. The molecule has 0 radical (unpaired) electrons. The Morgan fingerprint density at radius 3 is 2.95 bits per heavy atom. The van der Waals surface area contributed by atoms with E-state index in [1.807, 2.05) is 7.05 Å². The van der Waals surface area contributed by atoms with E-state index >= 15 is 0 Å². The van der Waals surface area contributed by atoms with Crippen molar-refractivity contribution in [3.05, 3.63) is 33.8 Å². The summed E-state index contributed by atoms with van der Waals surface area (Å²) in [7, 11) is 1.81. The Balaban J connectivity index is 1.92. The molecule has 100 valence electrons. The standard InChI is InChI=1S/C12H14ClN5O/c1-17-5-4-10(16-17)15-11-9(13)6-14-18(12(11)19)7-8-2-3-8/h4-6,8H,2-3,7H2,1H3,(H,15,16). The number of halogens is 1. The predicted molar refractivity (Wildman–Crippen MR) is 72.7 cm³/mol. The fraction of sp³-hybridized carbons (Fsp3) is 0.417. The fourth-order valence-electron chi connectivity index (χ4n) is 1.87. The van der Waals surface area contributed by atoms with Crippen molar-refractivity contribution in [2.45, 2.75) is 19.4 Å². The molecule has 0 amide bonds. The third-order valence-corrected chi connectivity index (χ3v) is 3.38. The van der Waals surface area contributed by atoms with Crippen molar-refractivity contribution in [2.75, 3.05) is 5.32 Å². The molecule has 19 heavy (non-hydrogen) atoms. The summed E-state index contributed by atoms with van der Waals surface area (Å²) < 4.78 is 3.12. The van der Waals surface area contributed by atoms with Crippen molar-refractivity contribution in [3.8, 4) is 0 Å². The zero-order chi connectivity index (χ0) is 13.4. The van der Waals surface area contributed by atoms with E-state index in [0.29, 0.717) is 29.0 Å². The first-order valence-corrected chi connectivity index (χ1v) is 6.53. The number of hydrogen-bond donors (Lipinski definition) is 1. The molecular weight excluding hydrogens is 266 g/mol. The minimum Gasteiger partial charge on any atom is -0.333 e. The van der Waals surface area contributed by atoms with Crippen LogP contribution in [0.25, 0.3) is 0 Å². The maximum atomic E-state index is 12.3. The van der Waals surface area contributed by atoms with E-state index in [1.54, 1.807) is 16.9 Å². The van der Waals surface area contributed by atoms with Gasteiger partial charge in [0.2, 0.25) is 0 Å². The molecule has 1 aliphatic carbocycles. The second-order valence-corrected chi connectivity index (χ2v) is 5.20. The molecule has 0 aliphatic heterocycles. The van der Waals surface area contributed by atoms with Gasteiger partial charge in [-0.15, -0.1) is 0 Å². The molecule has 1 aliphatic rings. The molecule has 0 atom stereocenters. The molecule has 0 saturated heterocycles. The number of aryl methyl sites for hydroxylation is 1. The molecule has 2 aromatic heterocycles. The van der Waals surface area contributed by atoms with E-state index in [4.69, 9.17) is 11.6 Å². The number of rotatable bonds is 4. The average Bonchev–Trinajstić information content (AvgIpc) is 3.10. The summed E-state index contributed by atoms with van der Waals surface area (Å²) >= 11 is 6.04. The summed E-state index contributed by atoms with van der Waals surface area (Å²) in [5.74, 6) is 1.17. The van der Waals surface area contributed by atoms with Crippen molar-refractivity contribution < 1.29 is 0 Å². The summed E-state index contributed by atoms with van der Waals surface area (Å²) in [6.45, 7) is 0.660. The van der Waals surface area contributed by atoms with Gasteiger partial charge in [0.1, 0.15) is 5.69 Å². The van der Waals surface area contributed by atoms with Crippen molar-refractivity contribution in [3.63, 3.8) is 0 Å². The van der Waals surface area contributed by atoms with Gasteiger partial charge in [-0.05, 0) is 18.8 Å². The lowest BCUT2D eigenvalue weighted by Gasteiger charge is -2.08. The van der Waals surface area contributed by atoms with Crippen LogP contribution < -0.4 is 10.9 Å². The Morgan fingerprint density at radius 1 is 1.53 bits per heavy atom. The Morgan fingerprint density at radius 2 is 2.32 bits per heavy atom. The molecule has 0 aromatic carbocycles. The lowest BCUT2D eigenvalue weighted by Crippen LogP contribution is -2.26. The highest BCUT2D eigenvalue weighted by molar-refractivity contribution is 6.33. The van der Waals surface area contributed by atoms with E-state index in [9.17, 15) is 4.79 Å². The van der Waals surface area contributed by atoms with E-state index < -0.39 is 0 Å². The second-order valence-electron chi connectivity index (χ2n) is 4.80. The topological polar surface area (TPSA) is 64.7 Å². The van der Waals surface area contributed by atoms with Gasteiger partial charge in [-0.25, -0.2) is 4.68 Å². The number of aromatic nitrogens is 4. The van der Waals surface area contributed by atoms with Crippen molar-refractivity contribution in [1.82, 2.24) is 19.6 Å². The van der Waals surface area contributed by atoms with Crippen LogP contribution in [0, 0.1) is 5.92 Å². The molecule has 0 unspecified atom stereocenters. The highest BCUT2D eigenvalue weighted by Gasteiger charge is 2.23. The van der Waals surface area contributed by atoms with Crippen LogP contribution in [-0.2, 0) is 13.6 Å². The first-order valence-electron chi connectivity index (χ1n) is 6.16. The normalized spacial score (nSPS) is 14.6. The maximum absolute atomic E-state index is 12.3. The van der Waals surface area contributed by atoms with Gasteiger partial charge < -0.3 is 5.32 Å². The van der Waals surface area contributed by atoms with Crippen LogP contribution >= 0.6 is 11.6 Å². The third-order valence-electron chi connectivity index (χ3n) is 3.09. The summed E-state index contributed by atoms with van der Waals surface area (Å²) in [4.78, 5) is 12.3. The zero-order valence-corrected chi connectivity index (χ0v) is 11.3. The first-order chi connectivity index (χ1) is 9.13. The van der Waals surface area contributed by atoms with E-state index in [2.05, 4.69) is 15.5 Å².